The molecule has 1 rings (SSSR count). The van der Waals surface area contributed by atoms with Crippen molar-refractivity contribution >= 4 is 11.8 Å². The molecule has 0 saturated heterocycles. The van der Waals surface area contributed by atoms with Crippen molar-refractivity contribution in [3.63, 3.8) is 0 Å². The van der Waals surface area contributed by atoms with Crippen molar-refractivity contribution in [3.8, 4) is 5.88 Å². The van der Waals surface area contributed by atoms with Gasteiger partial charge in [0.25, 0.3) is 0 Å². The lowest BCUT2D eigenvalue weighted by molar-refractivity contribution is -0.138. The molecule has 0 aliphatic rings. The molecular formula is C11H17N3O3. The van der Waals surface area contributed by atoms with E-state index in [0.717, 1.165) is 6.42 Å². The number of nitrogens with zero attached hydrogens (tertiary/aromatic N) is 2. The van der Waals surface area contributed by atoms with Crippen molar-refractivity contribution in [1.29, 1.82) is 0 Å². The van der Waals surface area contributed by atoms with Crippen molar-refractivity contribution in [1.82, 2.24) is 9.97 Å². The van der Waals surface area contributed by atoms with Gasteiger partial charge < -0.3 is 15.2 Å². The van der Waals surface area contributed by atoms with Crippen LogP contribution < -0.4 is 10.1 Å². The van der Waals surface area contributed by atoms with Gasteiger partial charge in [0.15, 0.2) is 0 Å². The van der Waals surface area contributed by atoms with Crippen molar-refractivity contribution < 1.29 is 14.6 Å². The Hall–Kier alpha value is -1.85. The van der Waals surface area contributed by atoms with Gasteiger partial charge in [-0.15, -0.1) is 0 Å². The molecule has 0 amide bonds. The standard InChI is InChI=1S/C11H17N3O3/c1-4-5-8(11(15)16)14-9-7(2)10(17-3)13-6-12-9/h6,8H,4-5H2,1-3H3,(H,15,16)(H,12,13,14). The van der Waals surface area contributed by atoms with Crippen LogP contribution in [0.5, 0.6) is 5.88 Å². The van der Waals surface area contributed by atoms with E-state index in [-0.39, 0.29) is 0 Å². The van der Waals surface area contributed by atoms with Crippen LogP contribution in [-0.4, -0.2) is 34.2 Å². The number of aromatic nitrogens is 2. The molecular weight excluding hydrogens is 222 g/mol. The van der Waals surface area contributed by atoms with E-state index in [1.807, 2.05) is 6.92 Å². The van der Waals surface area contributed by atoms with Crippen LogP contribution in [0, 0.1) is 6.92 Å². The lowest BCUT2D eigenvalue weighted by atomic mass is 10.1. The Bertz CT molecular complexity index is 396. The topological polar surface area (TPSA) is 84.3 Å². The average molecular weight is 239 g/mol. The first-order valence-corrected chi connectivity index (χ1v) is 5.45. The molecule has 6 nitrogen and oxygen atoms in total. The summed E-state index contributed by atoms with van der Waals surface area (Å²) in [5, 5.41) is 11.9. The fourth-order valence-electron chi connectivity index (χ4n) is 1.50. The molecule has 1 unspecified atom stereocenters. The van der Waals surface area contributed by atoms with Crippen LogP contribution in [0.1, 0.15) is 25.3 Å². The maximum absolute atomic E-state index is 11.0. The zero-order chi connectivity index (χ0) is 12.8. The Morgan fingerprint density at radius 2 is 2.29 bits per heavy atom. The molecule has 2 N–H and O–H groups in total. The van der Waals surface area contributed by atoms with Crippen LogP contribution in [-0.2, 0) is 4.79 Å². The van der Waals surface area contributed by atoms with Gasteiger partial charge in [-0.25, -0.2) is 14.8 Å². The summed E-state index contributed by atoms with van der Waals surface area (Å²) in [6.07, 6.45) is 2.67. The number of carboxylic acid groups (broad SMARTS) is 1. The normalized spacial score (nSPS) is 11.9. The first-order chi connectivity index (χ1) is 8.10. The highest BCUT2D eigenvalue weighted by Crippen LogP contribution is 2.21. The van der Waals surface area contributed by atoms with Gasteiger partial charge in [0.05, 0.1) is 12.7 Å². The highest BCUT2D eigenvalue weighted by Gasteiger charge is 2.18. The van der Waals surface area contributed by atoms with Gasteiger partial charge in [0.2, 0.25) is 5.88 Å². The molecule has 94 valence electrons. The summed E-state index contributed by atoms with van der Waals surface area (Å²) < 4.78 is 5.05. The zero-order valence-corrected chi connectivity index (χ0v) is 10.2. The average Bonchev–Trinajstić information content (AvgIpc) is 2.30. The molecule has 0 radical (unpaired) electrons. The second-order valence-electron chi connectivity index (χ2n) is 3.68. The summed E-state index contributed by atoms with van der Waals surface area (Å²) in [5.74, 6) is 0.0599. The van der Waals surface area contributed by atoms with E-state index in [1.54, 1.807) is 6.92 Å². The number of anilines is 1. The number of carboxylic acids is 1. The van der Waals surface area contributed by atoms with E-state index in [1.165, 1.54) is 13.4 Å². The lowest BCUT2D eigenvalue weighted by Crippen LogP contribution is -2.29. The molecule has 6 heteroatoms. The minimum Gasteiger partial charge on any atom is -0.481 e. The number of methoxy groups -OCH3 is 1. The first kappa shape index (κ1) is 13.2. The van der Waals surface area contributed by atoms with Gasteiger partial charge in [-0.05, 0) is 13.3 Å². The Kier molecular flexibility index (Phi) is 4.68. The number of hydrogen-bond acceptors (Lipinski definition) is 5. The third-order valence-electron chi connectivity index (χ3n) is 2.42. The van der Waals surface area contributed by atoms with Crippen molar-refractivity contribution in [2.75, 3.05) is 12.4 Å². The predicted molar refractivity (Wildman–Crippen MR) is 63.3 cm³/mol. The van der Waals surface area contributed by atoms with Crippen LogP contribution in [0.2, 0.25) is 0 Å². The number of rotatable bonds is 6. The van der Waals surface area contributed by atoms with Gasteiger partial charge in [-0.2, -0.15) is 0 Å². The zero-order valence-electron chi connectivity index (χ0n) is 10.2. The van der Waals surface area contributed by atoms with Crippen LogP contribution >= 0.6 is 0 Å². The molecule has 0 spiro atoms. The predicted octanol–water partition coefficient (Wildman–Crippen LogP) is 1.46. The van der Waals surface area contributed by atoms with E-state index in [4.69, 9.17) is 9.84 Å². The third kappa shape index (κ3) is 3.30. The SMILES string of the molecule is CCCC(Nc1ncnc(OC)c1C)C(=O)O. The van der Waals surface area contributed by atoms with Crippen molar-refractivity contribution in [2.45, 2.75) is 32.7 Å². The van der Waals surface area contributed by atoms with Crippen molar-refractivity contribution in [2.24, 2.45) is 0 Å². The van der Waals surface area contributed by atoms with Crippen molar-refractivity contribution in [3.05, 3.63) is 11.9 Å². The number of aliphatic carboxylic acids is 1. The third-order valence-corrected chi connectivity index (χ3v) is 2.42. The minimum absolute atomic E-state index is 0.447. The molecule has 0 aliphatic heterocycles. The Labute approximate surface area is 100 Å². The number of hydrogen-bond donors (Lipinski definition) is 2. The quantitative estimate of drug-likeness (QED) is 0.781. The molecule has 0 fully saturated rings. The molecule has 1 atom stereocenters. The van der Waals surface area contributed by atoms with Crippen LogP contribution in [0.3, 0.4) is 0 Å². The summed E-state index contributed by atoms with van der Waals surface area (Å²) in [7, 11) is 1.51. The Morgan fingerprint density at radius 3 is 2.82 bits per heavy atom. The van der Waals surface area contributed by atoms with Crippen LogP contribution in [0.25, 0.3) is 0 Å². The molecule has 1 aromatic rings. The fourth-order valence-corrected chi connectivity index (χ4v) is 1.50. The summed E-state index contributed by atoms with van der Waals surface area (Å²) >= 11 is 0. The highest BCUT2D eigenvalue weighted by atomic mass is 16.5. The molecule has 0 saturated carbocycles. The minimum atomic E-state index is -0.885. The molecule has 0 aliphatic carbocycles. The second kappa shape index (κ2) is 6.03. The Morgan fingerprint density at radius 1 is 1.59 bits per heavy atom. The van der Waals surface area contributed by atoms with Gasteiger partial charge in [-0.1, -0.05) is 13.3 Å². The molecule has 17 heavy (non-hydrogen) atoms. The molecule has 0 bridgehead atoms. The van der Waals surface area contributed by atoms with Crippen LogP contribution in [0.4, 0.5) is 5.82 Å². The van der Waals surface area contributed by atoms with E-state index < -0.39 is 12.0 Å². The van der Waals surface area contributed by atoms with Gasteiger partial charge in [0, 0.05) is 0 Å². The number of ether oxygens (including phenoxy) is 1. The molecule has 1 heterocycles. The number of nitrogens with one attached hydrogen (secondary N) is 1. The maximum atomic E-state index is 11.0. The summed E-state index contributed by atoms with van der Waals surface area (Å²) in [6.45, 7) is 3.72. The largest absolute Gasteiger partial charge is 0.481 e. The van der Waals surface area contributed by atoms with E-state index >= 15 is 0 Å². The van der Waals surface area contributed by atoms with E-state index in [9.17, 15) is 4.79 Å². The van der Waals surface area contributed by atoms with Crippen LogP contribution in [0.15, 0.2) is 6.33 Å². The molecule has 1 aromatic heterocycles. The lowest BCUT2D eigenvalue weighted by Gasteiger charge is -2.16. The summed E-state index contributed by atoms with van der Waals surface area (Å²) in [6, 6.07) is -0.640. The smallest absolute Gasteiger partial charge is 0.326 e. The maximum Gasteiger partial charge on any atom is 0.326 e. The summed E-state index contributed by atoms with van der Waals surface area (Å²) in [5.41, 5.74) is 0.706. The van der Waals surface area contributed by atoms with Gasteiger partial charge >= 0.3 is 5.97 Å². The fraction of sp³-hybridized carbons (Fsp3) is 0.545. The first-order valence-electron chi connectivity index (χ1n) is 5.45. The van der Waals surface area contributed by atoms with E-state index in [0.29, 0.717) is 23.7 Å². The number of carbonyl (C=O) groups is 1. The monoisotopic (exact) mass is 239 g/mol. The van der Waals surface area contributed by atoms with Gasteiger partial charge in [-0.3, -0.25) is 0 Å². The summed E-state index contributed by atoms with van der Waals surface area (Å²) in [4.78, 5) is 19.0. The van der Waals surface area contributed by atoms with Gasteiger partial charge in [0.1, 0.15) is 18.2 Å². The second-order valence-corrected chi connectivity index (χ2v) is 3.68. The molecule has 0 aromatic carbocycles. The Balaban J connectivity index is 2.89. The van der Waals surface area contributed by atoms with E-state index in [2.05, 4.69) is 15.3 Å². The highest BCUT2D eigenvalue weighted by molar-refractivity contribution is 5.77.